The Morgan fingerprint density at radius 3 is 2.65 bits per heavy atom. The van der Waals surface area contributed by atoms with Crippen molar-refractivity contribution >= 4 is 49.9 Å². The minimum Gasteiger partial charge on any atom is -0.459 e. The van der Waals surface area contributed by atoms with Crippen LogP contribution in [0.4, 0.5) is 5.69 Å². The van der Waals surface area contributed by atoms with Crippen LogP contribution >= 0.6 is 11.3 Å². The van der Waals surface area contributed by atoms with Crippen molar-refractivity contribution in [3.05, 3.63) is 69.6 Å². The second-order valence-electron chi connectivity index (χ2n) is 7.48. The van der Waals surface area contributed by atoms with E-state index in [-0.39, 0.29) is 24.1 Å². The molecule has 0 fully saturated rings. The molecule has 4 rings (SSSR count). The summed E-state index contributed by atoms with van der Waals surface area (Å²) in [5.41, 5.74) is 0.805. The zero-order valence-corrected chi connectivity index (χ0v) is 18.2. The summed E-state index contributed by atoms with van der Waals surface area (Å²) in [6, 6.07) is 13.5. The Morgan fingerprint density at radius 2 is 1.90 bits per heavy atom. The van der Waals surface area contributed by atoms with Crippen LogP contribution in [0.1, 0.15) is 29.1 Å². The van der Waals surface area contributed by atoms with Crippen molar-refractivity contribution in [2.75, 3.05) is 5.32 Å². The topological polar surface area (TPSA) is 90.3 Å². The minimum absolute atomic E-state index is 0.185. The highest BCUT2D eigenvalue weighted by Gasteiger charge is 2.21. The third-order valence-corrected chi connectivity index (χ3v) is 5.97. The zero-order valence-electron chi connectivity index (χ0n) is 17.3. The Balaban J connectivity index is 1.58. The number of benzene rings is 2. The fraction of sp³-hybridized carbons (Fsp3) is 0.217. The van der Waals surface area contributed by atoms with Gasteiger partial charge >= 0.3 is 5.97 Å². The molecule has 0 saturated heterocycles. The van der Waals surface area contributed by atoms with E-state index < -0.39 is 5.97 Å². The van der Waals surface area contributed by atoms with Crippen LogP contribution in [-0.4, -0.2) is 27.5 Å². The molecule has 2 heterocycles. The quantitative estimate of drug-likeness (QED) is 0.476. The number of thiophene rings is 1. The average Bonchev–Trinajstić information content (AvgIpc) is 3.07. The summed E-state index contributed by atoms with van der Waals surface area (Å²) in [6.07, 6.45) is 1.07. The van der Waals surface area contributed by atoms with Gasteiger partial charge < -0.3 is 10.1 Å². The van der Waals surface area contributed by atoms with Gasteiger partial charge in [-0.3, -0.25) is 14.2 Å². The van der Waals surface area contributed by atoms with Gasteiger partial charge in [-0.15, -0.1) is 11.3 Å². The Hall–Kier alpha value is -3.52. The minimum atomic E-state index is -0.476. The SMILES string of the molecule is Cc1c(C(=O)OC(C)C)sc2ncn(CC(=O)Nc3ccc4ccccc4c3)c(=O)c12. The van der Waals surface area contributed by atoms with Gasteiger partial charge in [0.15, 0.2) is 0 Å². The molecule has 1 amide bonds. The third-order valence-electron chi connectivity index (χ3n) is 4.79. The number of anilines is 1. The van der Waals surface area contributed by atoms with Crippen LogP contribution in [0.5, 0.6) is 0 Å². The molecule has 0 spiro atoms. The molecule has 158 valence electrons. The maximum absolute atomic E-state index is 13.0. The number of carbonyl (C=O) groups excluding carboxylic acids is 2. The van der Waals surface area contributed by atoms with Crippen molar-refractivity contribution in [2.45, 2.75) is 33.4 Å². The number of aryl methyl sites for hydroxylation is 1. The third kappa shape index (κ3) is 4.20. The first-order valence-electron chi connectivity index (χ1n) is 9.81. The van der Waals surface area contributed by atoms with Crippen molar-refractivity contribution < 1.29 is 14.3 Å². The van der Waals surface area contributed by atoms with Crippen LogP contribution in [0.15, 0.2) is 53.6 Å². The lowest BCUT2D eigenvalue weighted by atomic mass is 10.1. The molecular weight excluding hydrogens is 414 g/mol. The van der Waals surface area contributed by atoms with Gasteiger partial charge in [0.2, 0.25) is 5.91 Å². The highest BCUT2D eigenvalue weighted by atomic mass is 32.1. The number of esters is 1. The Morgan fingerprint density at radius 1 is 1.16 bits per heavy atom. The van der Waals surface area contributed by atoms with Crippen molar-refractivity contribution in [2.24, 2.45) is 0 Å². The molecule has 0 aliphatic carbocycles. The molecule has 0 unspecified atom stereocenters. The van der Waals surface area contributed by atoms with Crippen molar-refractivity contribution in [3.8, 4) is 0 Å². The smallest absolute Gasteiger partial charge is 0.348 e. The molecule has 0 aliphatic heterocycles. The number of carbonyl (C=O) groups is 2. The second-order valence-corrected chi connectivity index (χ2v) is 8.48. The number of hydrogen-bond donors (Lipinski definition) is 1. The Bertz CT molecular complexity index is 1370. The number of rotatable bonds is 5. The molecule has 0 atom stereocenters. The summed E-state index contributed by atoms with van der Waals surface area (Å²) in [7, 11) is 0. The van der Waals surface area contributed by atoms with E-state index in [1.165, 1.54) is 10.9 Å². The number of nitrogens with one attached hydrogen (secondary N) is 1. The van der Waals surface area contributed by atoms with E-state index in [2.05, 4.69) is 10.3 Å². The van der Waals surface area contributed by atoms with Crippen molar-refractivity contribution in [3.63, 3.8) is 0 Å². The second kappa shape index (κ2) is 8.31. The molecular formula is C23H21N3O4S. The molecule has 4 aromatic rings. The summed E-state index contributed by atoms with van der Waals surface area (Å²) >= 11 is 1.12. The van der Waals surface area contributed by atoms with Crippen LogP contribution < -0.4 is 10.9 Å². The Kier molecular flexibility index (Phi) is 5.56. The van der Waals surface area contributed by atoms with Crippen molar-refractivity contribution in [1.29, 1.82) is 0 Å². The summed E-state index contributed by atoms with van der Waals surface area (Å²) < 4.78 is 6.49. The average molecular weight is 436 g/mol. The number of aromatic nitrogens is 2. The largest absolute Gasteiger partial charge is 0.459 e. The lowest BCUT2D eigenvalue weighted by Crippen LogP contribution is -2.27. The van der Waals surface area contributed by atoms with Gasteiger partial charge in [0.25, 0.3) is 5.56 Å². The lowest BCUT2D eigenvalue weighted by molar-refractivity contribution is -0.116. The highest BCUT2D eigenvalue weighted by molar-refractivity contribution is 7.20. The van der Waals surface area contributed by atoms with Gasteiger partial charge in [-0.1, -0.05) is 30.3 Å². The molecule has 2 aromatic heterocycles. The maximum atomic E-state index is 13.0. The van der Waals surface area contributed by atoms with E-state index in [1.807, 2.05) is 42.5 Å². The normalized spacial score (nSPS) is 11.2. The zero-order chi connectivity index (χ0) is 22.1. The van der Waals surface area contributed by atoms with Crippen LogP contribution in [0.25, 0.3) is 21.0 Å². The first kappa shape index (κ1) is 20.7. The van der Waals surface area contributed by atoms with Crippen LogP contribution in [0.3, 0.4) is 0 Å². The first-order chi connectivity index (χ1) is 14.8. The summed E-state index contributed by atoms with van der Waals surface area (Å²) in [5.74, 6) is -0.818. The molecule has 0 saturated carbocycles. The van der Waals surface area contributed by atoms with Gasteiger partial charge in [-0.25, -0.2) is 9.78 Å². The van der Waals surface area contributed by atoms with Gasteiger partial charge in [-0.2, -0.15) is 0 Å². The van der Waals surface area contributed by atoms with E-state index >= 15 is 0 Å². The van der Waals surface area contributed by atoms with E-state index in [9.17, 15) is 14.4 Å². The maximum Gasteiger partial charge on any atom is 0.348 e. The van der Waals surface area contributed by atoms with E-state index in [0.29, 0.717) is 26.3 Å². The molecule has 1 N–H and O–H groups in total. The number of ether oxygens (including phenoxy) is 1. The predicted molar refractivity (Wildman–Crippen MR) is 122 cm³/mol. The lowest BCUT2D eigenvalue weighted by Gasteiger charge is -2.08. The molecule has 7 nitrogen and oxygen atoms in total. The fourth-order valence-electron chi connectivity index (χ4n) is 3.36. The number of hydrogen-bond acceptors (Lipinski definition) is 6. The van der Waals surface area contributed by atoms with Gasteiger partial charge in [0, 0.05) is 5.69 Å². The molecule has 0 radical (unpaired) electrons. The summed E-state index contributed by atoms with van der Waals surface area (Å²) in [4.78, 5) is 42.9. The summed E-state index contributed by atoms with van der Waals surface area (Å²) in [5, 5.41) is 5.24. The van der Waals surface area contributed by atoms with Crippen molar-refractivity contribution in [1.82, 2.24) is 9.55 Å². The fourth-order valence-corrected chi connectivity index (χ4v) is 4.38. The van der Waals surface area contributed by atoms with Crippen LogP contribution in [0, 0.1) is 6.92 Å². The molecule has 2 aromatic carbocycles. The Labute approximate surface area is 182 Å². The van der Waals surface area contributed by atoms with E-state index in [4.69, 9.17) is 4.74 Å². The molecule has 0 bridgehead atoms. The van der Waals surface area contributed by atoms with Gasteiger partial charge in [-0.05, 0) is 49.2 Å². The number of nitrogens with zero attached hydrogens (tertiary/aromatic N) is 2. The van der Waals surface area contributed by atoms with Gasteiger partial charge in [0.1, 0.15) is 16.3 Å². The summed E-state index contributed by atoms with van der Waals surface area (Å²) in [6.45, 7) is 5.04. The standard InChI is InChI=1S/C23H21N3O4S/c1-13(2)30-23(29)20-14(3)19-21(31-20)24-12-26(22(19)28)11-18(27)25-17-9-8-15-6-4-5-7-16(15)10-17/h4-10,12-13H,11H2,1-3H3,(H,25,27). The van der Waals surface area contributed by atoms with Crippen LogP contribution in [-0.2, 0) is 16.1 Å². The van der Waals surface area contributed by atoms with Crippen LogP contribution in [0.2, 0.25) is 0 Å². The van der Waals surface area contributed by atoms with E-state index in [0.717, 1.165) is 22.1 Å². The molecule has 31 heavy (non-hydrogen) atoms. The number of fused-ring (bicyclic) bond motifs is 2. The highest BCUT2D eigenvalue weighted by Crippen LogP contribution is 2.27. The predicted octanol–water partition coefficient (Wildman–Crippen LogP) is 4.12. The molecule has 8 heteroatoms. The monoisotopic (exact) mass is 435 g/mol. The first-order valence-corrected chi connectivity index (χ1v) is 10.6. The number of amides is 1. The molecule has 0 aliphatic rings. The van der Waals surface area contributed by atoms with Gasteiger partial charge in [0.05, 0.1) is 17.8 Å². The van der Waals surface area contributed by atoms with E-state index in [1.54, 1.807) is 20.8 Å².